The number of nitrogens with zero attached hydrogens (tertiary/aromatic N) is 3. The zero-order chi connectivity index (χ0) is 16.6. The Bertz CT molecular complexity index is 714. The Morgan fingerprint density at radius 1 is 1.43 bits per heavy atom. The van der Waals surface area contributed by atoms with E-state index in [1.165, 1.54) is 16.2 Å². The Morgan fingerprint density at radius 3 is 2.87 bits per heavy atom. The number of carbonyl (C=O) groups is 2. The molecule has 8 heteroatoms. The van der Waals surface area contributed by atoms with Gasteiger partial charge in [0.05, 0.1) is 22.9 Å². The predicted molar refractivity (Wildman–Crippen MR) is 86.7 cm³/mol. The van der Waals surface area contributed by atoms with Crippen LogP contribution in [0, 0.1) is 0 Å². The van der Waals surface area contributed by atoms with E-state index in [0.717, 1.165) is 10.2 Å². The number of likely N-dealkylation sites (tertiary alicyclic amines) is 1. The van der Waals surface area contributed by atoms with Crippen LogP contribution in [0.15, 0.2) is 24.3 Å². The van der Waals surface area contributed by atoms with Gasteiger partial charge in [0.2, 0.25) is 5.91 Å². The number of fused-ring (bicyclic) bond motifs is 1. The lowest BCUT2D eigenvalue weighted by Crippen LogP contribution is -2.45. The molecule has 3 rings (SSSR count). The van der Waals surface area contributed by atoms with E-state index in [2.05, 4.69) is 4.98 Å². The fourth-order valence-corrected chi connectivity index (χ4v) is 3.63. The number of thiazole rings is 1. The number of hydrogen-bond acceptors (Lipinski definition) is 6. The molecule has 0 bridgehead atoms. The number of carboxylic acids is 1. The van der Waals surface area contributed by atoms with Crippen molar-refractivity contribution in [1.82, 2.24) is 9.88 Å². The fraction of sp³-hybridized carbons (Fsp3) is 0.400. The molecular weight excluding hydrogens is 318 g/mol. The Kier molecular flexibility index (Phi) is 4.18. The number of aromatic nitrogens is 1. The number of para-hydroxylation sites is 1. The first kappa shape index (κ1) is 15.7. The van der Waals surface area contributed by atoms with Gasteiger partial charge in [0.25, 0.3) is 0 Å². The minimum Gasteiger partial charge on any atom is -0.480 e. The van der Waals surface area contributed by atoms with Gasteiger partial charge in [-0.3, -0.25) is 4.79 Å². The quantitative estimate of drug-likeness (QED) is 0.857. The van der Waals surface area contributed by atoms with Crippen LogP contribution in [0.3, 0.4) is 0 Å². The molecular formula is C15H17N3O4S. The van der Waals surface area contributed by atoms with Gasteiger partial charge in [-0.2, -0.15) is 0 Å². The number of aliphatic hydroxyl groups is 1. The second-order valence-corrected chi connectivity index (χ2v) is 6.62. The van der Waals surface area contributed by atoms with E-state index >= 15 is 0 Å². The van der Waals surface area contributed by atoms with Crippen LogP contribution in [0.1, 0.15) is 6.42 Å². The van der Waals surface area contributed by atoms with Gasteiger partial charge < -0.3 is 20.0 Å². The van der Waals surface area contributed by atoms with Gasteiger partial charge in [-0.15, -0.1) is 0 Å². The van der Waals surface area contributed by atoms with E-state index in [1.807, 2.05) is 24.3 Å². The molecule has 1 amide bonds. The molecule has 1 fully saturated rings. The third kappa shape index (κ3) is 3.13. The van der Waals surface area contributed by atoms with Crippen molar-refractivity contribution in [1.29, 1.82) is 0 Å². The van der Waals surface area contributed by atoms with Crippen LogP contribution in [0.4, 0.5) is 5.13 Å². The molecule has 1 aromatic carbocycles. The van der Waals surface area contributed by atoms with E-state index in [1.54, 1.807) is 11.9 Å². The third-order valence-corrected chi connectivity index (χ3v) is 5.02. The molecule has 2 N–H and O–H groups in total. The number of aliphatic carboxylic acids is 1. The summed E-state index contributed by atoms with van der Waals surface area (Å²) >= 11 is 1.48. The molecule has 7 nitrogen and oxygen atoms in total. The van der Waals surface area contributed by atoms with Crippen molar-refractivity contribution in [3.63, 3.8) is 0 Å². The number of benzene rings is 1. The maximum atomic E-state index is 12.4. The summed E-state index contributed by atoms with van der Waals surface area (Å²) in [6.07, 6.45) is -0.709. The average Bonchev–Trinajstić information content (AvgIpc) is 3.10. The lowest BCUT2D eigenvalue weighted by Gasteiger charge is -2.24. The maximum absolute atomic E-state index is 12.4. The van der Waals surface area contributed by atoms with E-state index in [0.29, 0.717) is 5.13 Å². The number of rotatable bonds is 4. The number of anilines is 1. The predicted octanol–water partition coefficient (Wildman–Crippen LogP) is 0.779. The van der Waals surface area contributed by atoms with Crippen LogP contribution in [0.5, 0.6) is 0 Å². The third-order valence-electron chi connectivity index (χ3n) is 3.87. The first-order chi connectivity index (χ1) is 11.0. The zero-order valence-electron chi connectivity index (χ0n) is 12.5. The van der Waals surface area contributed by atoms with E-state index < -0.39 is 18.1 Å². The summed E-state index contributed by atoms with van der Waals surface area (Å²) in [5.41, 5.74) is 0.867. The van der Waals surface area contributed by atoms with E-state index in [9.17, 15) is 14.7 Å². The normalized spacial score (nSPS) is 20.9. The first-order valence-electron chi connectivity index (χ1n) is 7.22. The molecule has 0 unspecified atom stereocenters. The molecule has 0 spiro atoms. The molecule has 2 aromatic rings. The topological polar surface area (TPSA) is 94.0 Å². The van der Waals surface area contributed by atoms with Gasteiger partial charge in [-0.05, 0) is 12.1 Å². The smallest absolute Gasteiger partial charge is 0.326 e. The summed E-state index contributed by atoms with van der Waals surface area (Å²) in [7, 11) is 1.75. The van der Waals surface area contributed by atoms with Crippen LogP contribution in [-0.2, 0) is 9.59 Å². The van der Waals surface area contributed by atoms with Crippen molar-refractivity contribution in [2.24, 2.45) is 0 Å². The number of hydrogen-bond donors (Lipinski definition) is 2. The number of carbonyl (C=O) groups excluding carboxylic acids is 1. The van der Waals surface area contributed by atoms with E-state index in [4.69, 9.17) is 5.11 Å². The maximum Gasteiger partial charge on any atom is 0.326 e. The van der Waals surface area contributed by atoms with Crippen molar-refractivity contribution in [3.05, 3.63) is 24.3 Å². The highest BCUT2D eigenvalue weighted by Gasteiger charge is 2.39. The minimum atomic E-state index is -1.09. The average molecular weight is 335 g/mol. The molecule has 23 heavy (non-hydrogen) atoms. The molecule has 2 atom stereocenters. The molecule has 1 aliphatic rings. The number of carboxylic acid groups (broad SMARTS) is 1. The minimum absolute atomic E-state index is 0.0241. The molecule has 0 saturated carbocycles. The zero-order valence-corrected chi connectivity index (χ0v) is 13.4. The lowest BCUT2D eigenvalue weighted by atomic mass is 10.2. The van der Waals surface area contributed by atoms with Gasteiger partial charge in [0.1, 0.15) is 6.04 Å². The van der Waals surface area contributed by atoms with Crippen molar-refractivity contribution in [3.8, 4) is 0 Å². The van der Waals surface area contributed by atoms with Gasteiger partial charge >= 0.3 is 5.97 Å². The van der Waals surface area contributed by atoms with Gasteiger partial charge in [0.15, 0.2) is 5.13 Å². The highest BCUT2D eigenvalue weighted by molar-refractivity contribution is 7.22. The Balaban J connectivity index is 1.72. The van der Waals surface area contributed by atoms with Gasteiger partial charge in [-0.1, -0.05) is 23.5 Å². The molecule has 122 valence electrons. The van der Waals surface area contributed by atoms with E-state index in [-0.39, 0.29) is 25.4 Å². The molecule has 1 aliphatic heterocycles. The second-order valence-electron chi connectivity index (χ2n) is 5.61. The standard InChI is InChI=1S/C15H17N3O4S/c1-17(15-16-10-4-2-3-5-12(10)23-15)8-13(20)18-7-9(19)6-11(18)14(21)22/h2-5,9,11,19H,6-8H2,1H3,(H,21,22)/t9-,11-/m0/s1. The number of β-amino-alcohol motifs (C(OH)–C–C–N with tert-alkyl or cyclic N) is 1. The summed E-state index contributed by atoms with van der Waals surface area (Å²) in [5, 5.41) is 19.5. The molecule has 2 heterocycles. The number of aliphatic hydroxyl groups excluding tert-OH is 1. The monoisotopic (exact) mass is 335 g/mol. The van der Waals surface area contributed by atoms with Gasteiger partial charge in [0, 0.05) is 20.0 Å². The second kappa shape index (κ2) is 6.13. The van der Waals surface area contributed by atoms with Crippen molar-refractivity contribution in [2.45, 2.75) is 18.6 Å². The van der Waals surface area contributed by atoms with Crippen LogP contribution >= 0.6 is 11.3 Å². The molecule has 1 aromatic heterocycles. The number of amides is 1. The Hall–Kier alpha value is -2.19. The van der Waals surface area contributed by atoms with Crippen LogP contribution in [0.2, 0.25) is 0 Å². The Labute approximate surface area is 136 Å². The van der Waals surface area contributed by atoms with Crippen LogP contribution in [0.25, 0.3) is 10.2 Å². The van der Waals surface area contributed by atoms with Crippen LogP contribution < -0.4 is 4.90 Å². The SMILES string of the molecule is CN(CC(=O)N1C[C@@H](O)C[C@H]1C(=O)O)c1nc2ccccc2s1. The van der Waals surface area contributed by atoms with Crippen molar-refractivity contribution >= 4 is 38.6 Å². The lowest BCUT2D eigenvalue weighted by molar-refractivity contribution is -0.147. The summed E-state index contributed by atoms with van der Waals surface area (Å²) in [5.74, 6) is -1.41. The molecule has 0 radical (unpaired) electrons. The largest absolute Gasteiger partial charge is 0.480 e. The van der Waals surface area contributed by atoms with Gasteiger partial charge in [-0.25, -0.2) is 9.78 Å². The summed E-state index contributed by atoms with van der Waals surface area (Å²) < 4.78 is 1.03. The highest BCUT2D eigenvalue weighted by Crippen LogP contribution is 2.28. The summed E-state index contributed by atoms with van der Waals surface area (Å²) in [6, 6.07) is 6.74. The Morgan fingerprint density at radius 2 is 2.17 bits per heavy atom. The van der Waals surface area contributed by atoms with Crippen LogP contribution in [-0.4, -0.2) is 64.3 Å². The highest BCUT2D eigenvalue weighted by atomic mass is 32.1. The summed E-state index contributed by atoms with van der Waals surface area (Å²) in [4.78, 5) is 31.0. The number of likely N-dealkylation sites (N-methyl/N-ethyl adjacent to an activating group) is 1. The van der Waals surface area contributed by atoms with Crippen molar-refractivity contribution in [2.75, 3.05) is 25.0 Å². The molecule has 0 aliphatic carbocycles. The fourth-order valence-electron chi connectivity index (χ4n) is 2.71. The summed E-state index contributed by atoms with van der Waals surface area (Å²) in [6.45, 7) is 0.0831. The van der Waals surface area contributed by atoms with Crippen molar-refractivity contribution < 1.29 is 19.8 Å². The first-order valence-corrected chi connectivity index (χ1v) is 8.04. The molecule has 1 saturated heterocycles.